The van der Waals surface area contributed by atoms with Gasteiger partial charge in [-0.05, 0) is 25.5 Å². The Labute approximate surface area is 99.2 Å². The number of piperidine rings is 1. The van der Waals surface area contributed by atoms with E-state index in [-0.39, 0.29) is 5.92 Å². The largest absolute Gasteiger partial charge is 0.303 e. The molecule has 0 N–H and O–H groups in total. The molecule has 1 unspecified atom stereocenters. The van der Waals surface area contributed by atoms with E-state index < -0.39 is 11.6 Å². The monoisotopic (exact) mass is 239 g/mol. The van der Waals surface area contributed by atoms with E-state index in [0.717, 1.165) is 31.7 Å². The zero-order valence-corrected chi connectivity index (χ0v) is 9.53. The third kappa shape index (κ3) is 3.09. The second-order valence-electron chi connectivity index (χ2n) is 4.51. The first kappa shape index (κ1) is 12.2. The molecule has 0 radical (unpaired) electrons. The fraction of sp³-hybridized carbons (Fsp3) is 0.462. The normalized spacial score (nSPS) is 21.4. The van der Waals surface area contributed by atoms with E-state index in [0.29, 0.717) is 18.7 Å². The second-order valence-corrected chi connectivity index (χ2v) is 4.51. The van der Waals surface area contributed by atoms with Crippen LogP contribution in [0.15, 0.2) is 18.2 Å². The zero-order valence-electron chi connectivity index (χ0n) is 9.53. The lowest BCUT2D eigenvalue weighted by Crippen LogP contribution is -2.35. The van der Waals surface area contributed by atoms with Gasteiger partial charge in [-0.25, -0.2) is 8.78 Å². The van der Waals surface area contributed by atoms with E-state index in [1.165, 1.54) is 12.1 Å². The summed E-state index contributed by atoms with van der Waals surface area (Å²) in [5.41, 5.74) is 0.484. The highest BCUT2D eigenvalue weighted by Crippen LogP contribution is 2.18. The molecular weight excluding hydrogens is 224 g/mol. The zero-order chi connectivity index (χ0) is 12.3. The number of nitrogens with zero attached hydrogens (tertiary/aromatic N) is 1. The fourth-order valence-electron chi connectivity index (χ4n) is 2.24. The van der Waals surface area contributed by atoms with Gasteiger partial charge in [0.15, 0.2) is 0 Å². The van der Waals surface area contributed by atoms with Gasteiger partial charge in [0.25, 0.3) is 0 Å². The number of aldehydes is 1. The van der Waals surface area contributed by atoms with Gasteiger partial charge in [0, 0.05) is 30.6 Å². The van der Waals surface area contributed by atoms with E-state index >= 15 is 0 Å². The first-order valence-electron chi connectivity index (χ1n) is 5.80. The van der Waals surface area contributed by atoms with E-state index in [9.17, 15) is 13.6 Å². The summed E-state index contributed by atoms with van der Waals surface area (Å²) in [5.74, 6) is -1.03. The number of carbonyl (C=O) groups is 1. The molecule has 2 rings (SSSR count). The molecule has 1 atom stereocenters. The van der Waals surface area contributed by atoms with Gasteiger partial charge in [0.2, 0.25) is 0 Å². The van der Waals surface area contributed by atoms with Gasteiger partial charge in [-0.1, -0.05) is 6.07 Å². The SMILES string of the molecule is O=CC1CCCN(Cc2ccc(F)cc2F)C1. The summed E-state index contributed by atoms with van der Waals surface area (Å²) in [6, 6.07) is 3.63. The lowest BCUT2D eigenvalue weighted by atomic mass is 9.99. The summed E-state index contributed by atoms with van der Waals surface area (Å²) in [4.78, 5) is 12.8. The molecule has 1 aromatic rings. The molecule has 2 nitrogen and oxygen atoms in total. The predicted molar refractivity (Wildman–Crippen MR) is 60.4 cm³/mol. The first-order valence-corrected chi connectivity index (χ1v) is 5.80. The van der Waals surface area contributed by atoms with Gasteiger partial charge in [-0.3, -0.25) is 4.90 Å². The van der Waals surface area contributed by atoms with E-state index in [4.69, 9.17) is 0 Å². The van der Waals surface area contributed by atoms with Crippen molar-refractivity contribution in [1.82, 2.24) is 4.90 Å². The lowest BCUT2D eigenvalue weighted by molar-refractivity contribution is -0.112. The van der Waals surface area contributed by atoms with Crippen molar-refractivity contribution in [3.63, 3.8) is 0 Å². The van der Waals surface area contributed by atoms with Gasteiger partial charge < -0.3 is 4.79 Å². The van der Waals surface area contributed by atoms with Crippen molar-refractivity contribution >= 4 is 6.29 Å². The van der Waals surface area contributed by atoms with Crippen molar-refractivity contribution in [2.45, 2.75) is 19.4 Å². The maximum absolute atomic E-state index is 13.4. The van der Waals surface area contributed by atoms with Crippen LogP contribution in [0.3, 0.4) is 0 Å². The van der Waals surface area contributed by atoms with E-state index in [1.807, 2.05) is 4.90 Å². The van der Waals surface area contributed by atoms with Crippen LogP contribution in [0.4, 0.5) is 8.78 Å². The first-order chi connectivity index (χ1) is 8.19. The van der Waals surface area contributed by atoms with Crippen LogP contribution in [-0.4, -0.2) is 24.3 Å². The molecule has 1 fully saturated rings. The highest BCUT2D eigenvalue weighted by Gasteiger charge is 2.20. The summed E-state index contributed by atoms with van der Waals surface area (Å²) in [6.07, 6.45) is 2.82. The average molecular weight is 239 g/mol. The summed E-state index contributed by atoms with van der Waals surface area (Å²) in [6.45, 7) is 1.97. The number of benzene rings is 1. The molecule has 1 aliphatic heterocycles. The molecule has 0 spiro atoms. The van der Waals surface area contributed by atoms with E-state index in [2.05, 4.69) is 0 Å². The molecule has 0 amide bonds. The molecule has 1 aliphatic rings. The maximum Gasteiger partial charge on any atom is 0.130 e. The molecule has 0 saturated carbocycles. The van der Waals surface area contributed by atoms with Gasteiger partial charge in [0.05, 0.1) is 0 Å². The highest BCUT2D eigenvalue weighted by molar-refractivity contribution is 5.53. The van der Waals surface area contributed by atoms with Crippen LogP contribution in [0.1, 0.15) is 18.4 Å². The standard InChI is InChI=1S/C13H15F2NO/c14-12-4-3-11(13(15)6-12)8-16-5-1-2-10(7-16)9-17/h3-4,6,9-10H,1-2,5,7-8H2. The topological polar surface area (TPSA) is 20.3 Å². The van der Waals surface area contributed by atoms with Crippen LogP contribution >= 0.6 is 0 Å². The van der Waals surface area contributed by atoms with Crippen LogP contribution in [0, 0.1) is 17.6 Å². The molecule has 1 saturated heterocycles. The van der Waals surface area contributed by atoms with Crippen LogP contribution < -0.4 is 0 Å². The van der Waals surface area contributed by atoms with Crippen molar-refractivity contribution in [1.29, 1.82) is 0 Å². The van der Waals surface area contributed by atoms with Crippen molar-refractivity contribution in [2.75, 3.05) is 13.1 Å². The highest BCUT2D eigenvalue weighted by atomic mass is 19.1. The van der Waals surface area contributed by atoms with Gasteiger partial charge in [-0.2, -0.15) is 0 Å². The molecule has 0 aliphatic carbocycles. The Hall–Kier alpha value is -1.29. The second kappa shape index (κ2) is 5.36. The van der Waals surface area contributed by atoms with Crippen molar-refractivity contribution in [3.05, 3.63) is 35.4 Å². The summed E-state index contributed by atoms with van der Waals surface area (Å²) in [5, 5.41) is 0. The third-order valence-electron chi connectivity index (χ3n) is 3.14. The van der Waals surface area contributed by atoms with Crippen LogP contribution in [0.2, 0.25) is 0 Å². The molecule has 0 aromatic heterocycles. The number of rotatable bonds is 3. The average Bonchev–Trinajstić information content (AvgIpc) is 2.33. The Kier molecular flexibility index (Phi) is 3.84. The minimum absolute atomic E-state index is 0.0484. The number of halogens is 2. The number of hydrogen-bond donors (Lipinski definition) is 0. The predicted octanol–water partition coefficient (Wildman–Crippen LogP) is 2.38. The Bertz CT molecular complexity index is 408. The molecule has 1 heterocycles. The Morgan fingerprint density at radius 1 is 1.41 bits per heavy atom. The van der Waals surface area contributed by atoms with Crippen LogP contribution in [-0.2, 0) is 11.3 Å². The summed E-state index contributed by atoms with van der Waals surface area (Å²) < 4.78 is 26.2. The third-order valence-corrected chi connectivity index (χ3v) is 3.14. The lowest BCUT2D eigenvalue weighted by Gasteiger charge is -2.30. The van der Waals surface area contributed by atoms with Crippen molar-refractivity contribution in [3.8, 4) is 0 Å². The van der Waals surface area contributed by atoms with E-state index in [1.54, 1.807) is 0 Å². The Morgan fingerprint density at radius 2 is 2.24 bits per heavy atom. The number of likely N-dealkylation sites (tertiary alicyclic amines) is 1. The maximum atomic E-state index is 13.4. The molecule has 1 aromatic carbocycles. The minimum atomic E-state index is -0.560. The summed E-state index contributed by atoms with van der Waals surface area (Å²) >= 11 is 0. The summed E-state index contributed by atoms with van der Waals surface area (Å²) in [7, 11) is 0. The fourth-order valence-corrected chi connectivity index (χ4v) is 2.24. The van der Waals surface area contributed by atoms with Gasteiger partial charge >= 0.3 is 0 Å². The molecule has 92 valence electrons. The van der Waals surface area contributed by atoms with Crippen LogP contribution in [0.5, 0.6) is 0 Å². The Balaban J connectivity index is 2.02. The Morgan fingerprint density at radius 3 is 2.94 bits per heavy atom. The number of hydrogen-bond acceptors (Lipinski definition) is 2. The smallest absolute Gasteiger partial charge is 0.130 e. The molecular formula is C13H15F2NO. The number of carbonyl (C=O) groups excluding carboxylic acids is 1. The molecule has 17 heavy (non-hydrogen) atoms. The molecule has 4 heteroatoms. The quantitative estimate of drug-likeness (QED) is 0.755. The molecule has 0 bridgehead atoms. The minimum Gasteiger partial charge on any atom is -0.303 e. The van der Waals surface area contributed by atoms with Crippen LogP contribution in [0.25, 0.3) is 0 Å². The van der Waals surface area contributed by atoms with Gasteiger partial charge in [-0.15, -0.1) is 0 Å². The van der Waals surface area contributed by atoms with Gasteiger partial charge in [0.1, 0.15) is 17.9 Å². The van der Waals surface area contributed by atoms with Crippen molar-refractivity contribution in [2.24, 2.45) is 5.92 Å². The van der Waals surface area contributed by atoms with Crippen molar-refractivity contribution < 1.29 is 13.6 Å².